The SMILES string of the molecule is CC1CCC(N)C(C(=O)NCC2CN(C)CCN2C)C1. The first kappa shape index (κ1) is 15.7. The third-order valence-corrected chi connectivity index (χ3v) is 4.99. The highest BCUT2D eigenvalue weighted by atomic mass is 16.1. The van der Waals surface area contributed by atoms with Crippen molar-refractivity contribution >= 4 is 5.91 Å². The molecule has 1 amide bonds. The summed E-state index contributed by atoms with van der Waals surface area (Å²) in [5.74, 6) is 0.782. The molecule has 1 aliphatic carbocycles. The van der Waals surface area contributed by atoms with Gasteiger partial charge in [0.15, 0.2) is 0 Å². The molecule has 1 heterocycles. The van der Waals surface area contributed by atoms with E-state index in [1.165, 1.54) is 0 Å². The second kappa shape index (κ2) is 6.87. The molecule has 4 unspecified atom stereocenters. The van der Waals surface area contributed by atoms with Gasteiger partial charge in [0.2, 0.25) is 5.91 Å². The van der Waals surface area contributed by atoms with Gasteiger partial charge in [0.1, 0.15) is 0 Å². The minimum Gasteiger partial charge on any atom is -0.354 e. The van der Waals surface area contributed by atoms with Gasteiger partial charge in [0.25, 0.3) is 0 Å². The van der Waals surface area contributed by atoms with Crippen molar-refractivity contribution in [2.75, 3.05) is 40.3 Å². The number of likely N-dealkylation sites (N-methyl/N-ethyl adjacent to an activating group) is 2. The average molecular weight is 282 g/mol. The first-order chi connectivity index (χ1) is 9.47. The summed E-state index contributed by atoms with van der Waals surface area (Å²) in [5, 5.41) is 3.14. The Balaban J connectivity index is 1.81. The highest BCUT2D eigenvalue weighted by Crippen LogP contribution is 2.28. The van der Waals surface area contributed by atoms with Crippen LogP contribution in [0.3, 0.4) is 0 Å². The van der Waals surface area contributed by atoms with E-state index in [1.54, 1.807) is 0 Å². The Hall–Kier alpha value is -0.650. The lowest BCUT2D eigenvalue weighted by Gasteiger charge is -2.38. The molecule has 2 fully saturated rings. The minimum atomic E-state index is 0.00498. The maximum Gasteiger partial charge on any atom is 0.224 e. The van der Waals surface area contributed by atoms with Crippen molar-refractivity contribution < 1.29 is 4.79 Å². The Bertz CT molecular complexity index is 336. The topological polar surface area (TPSA) is 61.6 Å². The van der Waals surface area contributed by atoms with Crippen molar-refractivity contribution in [1.29, 1.82) is 0 Å². The zero-order valence-corrected chi connectivity index (χ0v) is 13.1. The van der Waals surface area contributed by atoms with Gasteiger partial charge in [-0.2, -0.15) is 0 Å². The molecule has 5 heteroatoms. The summed E-state index contributed by atoms with van der Waals surface area (Å²) < 4.78 is 0. The third-order valence-electron chi connectivity index (χ3n) is 4.99. The Morgan fingerprint density at radius 2 is 2.05 bits per heavy atom. The normalized spacial score (nSPS) is 36.8. The van der Waals surface area contributed by atoms with E-state index in [0.29, 0.717) is 12.0 Å². The van der Waals surface area contributed by atoms with Gasteiger partial charge in [-0.1, -0.05) is 6.92 Å². The summed E-state index contributed by atoms with van der Waals surface area (Å²) in [6.45, 7) is 6.14. The smallest absolute Gasteiger partial charge is 0.224 e. The van der Waals surface area contributed by atoms with Crippen LogP contribution in [0.2, 0.25) is 0 Å². The molecular formula is C15H30N4O. The van der Waals surface area contributed by atoms with Gasteiger partial charge >= 0.3 is 0 Å². The molecule has 5 nitrogen and oxygen atoms in total. The van der Waals surface area contributed by atoms with E-state index < -0.39 is 0 Å². The van der Waals surface area contributed by atoms with Crippen molar-refractivity contribution in [2.24, 2.45) is 17.6 Å². The fourth-order valence-electron chi connectivity index (χ4n) is 3.38. The summed E-state index contributed by atoms with van der Waals surface area (Å²) >= 11 is 0. The van der Waals surface area contributed by atoms with Crippen LogP contribution in [0, 0.1) is 11.8 Å². The number of nitrogens with zero attached hydrogens (tertiary/aromatic N) is 2. The first-order valence-corrected chi connectivity index (χ1v) is 7.89. The first-order valence-electron chi connectivity index (χ1n) is 7.89. The molecule has 2 aliphatic rings. The number of amides is 1. The van der Waals surface area contributed by atoms with Crippen molar-refractivity contribution in [3.63, 3.8) is 0 Å². The minimum absolute atomic E-state index is 0.00498. The van der Waals surface area contributed by atoms with Crippen molar-refractivity contribution in [1.82, 2.24) is 15.1 Å². The van der Waals surface area contributed by atoms with E-state index in [0.717, 1.165) is 45.4 Å². The van der Waals surface area contributed by atoms with Gasteiger partial charge in [-0.3, -0.25) is 9.69 Å². The molecule has 3 N–H and O–H groups in total. The Morgan fingerprint density at radius 3 is 2.80 bits per heavy atom. The van der Waals surface area contributed by atoms with Crippen LogP contribution < -0.4 is 11.1 Å². The highest BCUT2D eigenvalue weighted by molar-refractivity contribution is 5.79. The number of nitrogens with one attached hydrogen (secondary N) is 1. The van der Waals surface area contributed by atoms with Crippen LogP contribution in [-0.4, -0.2) is 68.1 Å². The maximum absolute atomic E-state index is 12.4. The lowest BCUT2D eigenvalue weighted by Crippen LogP contribution is -2.55. The third kappa shape index (κ3) is 3.93. The van der Waals surface area contributed by atoms with Crippen LogP contribution in [0.15, 0.2) is 0 Å². The average Bonchev–Trinajstić information content (AvgIpc) is 2.42. The zero-order chi connectivity index (χ0) is 14.7. The van der Waals surface area contributed by atoms with Crippen molar-refractivity contribution in [3.8, 4) is 0 Å². The van der Waals surface area contributed by atoms with Crippen LogP contribution in [0.4, 0.5) is 0 Å². The number of hydrogen-bond acceptors (Lipinski definition) is 4. The zero-order valence-electron chi connectivity index (χ0n) is 13.1. The van der Waals surface area contributed by atoms with Crippen LogP contribution in [0.1, 0.15) is 26.2 Å². The van der Waals surface area contributed by atoms with E-state index in [4.69, 9.17) is 5.73 Å². The van der Waals surface area contributed by atoms with E-state index in [1.807, 2.05) is 0 Å². The van der Waals surface area contributed by atoms with Gasteiger partial charge in [-0.05, 0) is 39.3 Å². The van der Waals surface area contributed by atoms with Gasteiger partial charge in [-0.25, -0.2) is 0 Å². The molecular weight excluding hydrogens is 252 g/mol. The quantitative estimate of drug-likeness (QED) is 0.771. The predicted octanol–water partition coefficient (Wildman–Crippen LogP) is 0.112. The molecule has 1 saturated heterocycles. The van der Waals surface area contributed by atoms with Crippen LogP contribution in [0.25, 0.3) is 0 Å². The summed E-state index contributed by atoms with van der Waals surface area (Å²) in [7, 11) is 4.28. The van der Waals surface area contributed by atoms with E-state index in [9.17, 15) is 4.79 Å². The molecule has 4 atom stereocenters. The number of hydrogen-bond donors (Lipinski definition) is 2. The Labute approximate surface area is 122 Å². The van der Waals surface area contributed by atoms with Gasteiger partial charge in [0, 0.05) is 38.3 Å². The lowest BCUT2D eigenvalue weighted by atomic mass is 9.79. The molecule has 0 aromatic heterocycles. The molecule has 0 bridgehead atoms. The molecule has 0 aromatic rings. The molecule has 1 aliphatic heterocycles. The predicted molar refractivity (Wildman–Crippen MR) is 81.4 cm³/mol. The summed E-state index contributed by atoms with van der Waals surface area (Å²) in [6, 6.07) is 0.452. The molecule has 0 spiro atoms. The molecule has 116 valence electrons. The second-order valence-electron chi connectivity index (χ2n) is 6.83. The number of carbonyl (C=O) groups is 1. The molecule has 20 heavy (non-hydrogen) atoms. The Kier molecular flexibility index (Phi) is 5.41. The summed E-state index contributed by atoms with van der Waals surface area (Å²) in [5.41, 5.74) is 6.12. The highest BCUT2D eigenvalue weighted by Gasteiger charge is 2.32. The van der Waals surface area contributed by atoms with Crippen LogP contribution >= 0.6 is 0 Å². The molecule has 0 aromatic carbocycles. The monoisotopic (exact) mass is 282 g/mol. The number of carbonyl (C=O) groups excluding carboxylic acids is 1. The van der Waals surface area contributed by atoms with E-state index >= 15 is 0 Å². The van der Waals surface area contributed by atoms with Gasteiger partial charge < -0.3 is 16.0 Å². The van der Waals surface area contributed by atoms with E-state index in [2.05, 4.69) is 36.1 Å². The largest absolute Gasteiger partial charge is 0.354 e. The van der Waals surface area contributed by atoms with Gasteiger partial charge in [0.05, 0.1) is 5.92 Å². The number of nitrogens with two attached hydrogens (primary N) is 1. The Morgan fingerprint density at radius 1 is 1.30 bits per heavy atom. The fourth-order valence-corrected chi connectivity index (χ4v) is 3.38. The maximum atomic E-state index is 12.4. The lowest BCUT2D eigenvalue weighted by molar-refractivity contribution is -0.127. The van der Waals surface area contributed by atoms with Crippen molar-refractivity contribution in [2.45, 2.75) is 38.3 Å². The molecule has 1 saturated carbocycles. The van der Waals surface area contributed by atoms with Gasteiger partial charge in [-0.15, -0.1) is 0 Å². The molecule has 2 rings (SSSR count). The van der Waals surface area contributed by atoms with Crippen LogP contribution in [0.5, 0.6) is 0 Å². The standard InChI is InChI=1S/C15H30N4O/c1-11-4-5-14(16)13(8-11)15(20)17-9-12-10-18(2)6-7-19(12)3/h11-14H,4-10,16H2,1-3H3,(H,17,20). The molecule has 0 radical (unpaired) electrons. The second-order valence-corrected chi connectivity index (χ2v) is 6.83. The van der Waals surface area contributed by atoms with Crippen molar-refractivity contribution in [3.05, 3.63) is 0 Å². The summed E-state index contributed by atoms with van der Waals surface area (Å²) in [6.07, 6.45) is 3.07. The summed E-state index contributed by atoms with van der Waals surface area (Å²) in [4.78, 5) is 17.0. The fraction of sp³-hybridized carbons (Fsp3) is 0.933. The number of rotatable bonds is 3. The van der Waals surface area contributed by atoms with E-state index in [-0.39, 0.29) is 17.9 Å². The van der Waals surface area contributed by atoms with Crippen LogP contribution in [-0.2, 0) is 4.79 Å². The number of piperazine rings is 1.